The fourth-order valence-electron chi connectivity index (χ4n) is 2.63. The SMILES string of the molecule is Cn1cnc(-c2cnc(N=NN)c(OCC3CCNCC3)c2)c1. The third kappa shape index (κ3) is 3.84. The lowest BCUT2D eigenvalue weighted by Gasteiger charge is -2.22. The lowest BCUT2D eigenvalue weighted by Crippen LogP contribution is -2.30. The number of pyridine rings is 1. The minimum absolute atomic E-state index is 0.390. The Morgan fingerprint density at radius 3 is 2.91 bits per heavy atom. The first-order valence-corrected chi connectivity index (χ1v) is 7.69. The van der Waals surface area contributed by atoms with Crippen LogP contribution in [0.5, 0.6) is 5.75 Å². The quantitative estimate of drug-likeness (QED) is 0.498. The first-order valence-electron chi connectivity index (χ1n) is 7.69. The first kappa shape index (κ1) is 15.4. The van der Waals surface area contributed by atoms with Gasteiger partial charge >= 0.3 is 0 Å². The van der Waals surface area contributed by atoms with E-state index >= 15 is 0 Å². The molecule has 122 valence electrons. The monoisotopic (exact) mass is 315 g/mol. The van der Waals surface area contributed by atoms with Crippen LogP contribution in [0.2, 0.25) is 0 Å². The number of nitrogens with two attached hydrogens (primary N) is 1. The average molecular weight is 315 g/mol. The van der Waals surface area contributed by atoms with Crippen molar-refractivity contribution < 1.29 is 4.74 Å². The van der Waals surface area contributed by atoms with Gasteiger partial charge in [-0.25, -0.2) is 9.97 Å². The van der Waals surface area contributed by atoms with Gasteiger partial charge in [0.1, 0.15) is 0 Å². The molecule has 0 amide bonds. The summed E-state index contributed by atoms with van der Waals surface area (Å²) >= 11 is 0. The van der Waals surface area contributed by atoms with E-state index in [1.54, 1.807) is 12.5 Å². The third-order valence-electron chi connectivity index (χ3n) is 3.92. The normalized spacial score (nSPS) is 16.0. The van der Waals surface area contributed by atoms with Crippen LogP contribution in [-0.4, -0.2) is 34.2 Å². The lowest BCUT2D eigenvalue weighted by atomic mass is 9.99. The number of ether oxygens (including phenoxy) is 1. The highest BCUT2D eigenvalue weighted by Crippen LogP contribution is 2.30. The first-order chi connectivity index (χ1) is 11.3. The average Bonchev–Trinajstić information content (AvgIpc) is 3.01. The van der Waals surface area contributed by atoms with Crippen molar-refractivity contribution in [2.75, 3.05) is 19.7 Å². The minimum Gasteiger partial charge on any atom is -0.489 e. The maximum atomic E-state index is 5.96. The molecule has 2 aromatic heterocycles. The molecular formula is C15H21N7O. The van der Waals surface area contributed by atoms with E-state index in [0.29, 0.717) is 24.1 Å². The van der Waals surface area contributed by atoms with E-state index in [1.165, 1.54) is 0 Å². The smallest absolute Gasteiger partial charge is 0.218 e. The number of aromatic nitrogens is 3. The van der Waals surface area contributed by atoms with Crippen molar-refractivity contribution in [3.8, 4) is 17.0 Å². The van der Waals surface area contributed by atoms with Gasteiger partial charge in [0.15, 0.2) is 5.75 Å². The molecule has 0 unspecified atom stereocenters. The summed E-state index contributed by atoms with van der Waals surface area (Å²) < 4.78 is 7.85. The van der Waals surface area contributed by atoms with Crippen molar-refractivity contribution >= 4 is 5.82 Å². The predicted molar refractivity (Wildman–Crippen MR) is 86.2 cm³/mol. The Hall–Kier alpha value is -2.48. The van der Waals surface area contributed by atoms with Gasteiger partial charge in [-0.15, -0.1) is 5.11 Å². The van der Waals surface area contributed by atoms with Crippen LogP contribution >= 0.6 is 0 Å². The molecule has 2 aromatic rings. The molecule has 3 N–H and O–H groups in total. The summed E-state index contributed by atoms with van der Waals surface area (Å²) in [4.78, 5) is 8.62. The summed E-state index contributed by atoms with van der Waals surface area (Å²) in [7, 11) is 1.93. The van der Waals surface area contributed by atoms with Gasteiger partial charge in [-0.2, -0.15) is 0 Å². The maximum absolute atomic E-state index is 5.96. The fraction of sp³-hybridized carbons (Fsp3) is 0.467. The number of piperidine rings is 1. The van der Waals surface area contributed by atoms with Crippen molar-refractivity contribution in [1.82, 2.24) is 19.9 Å². The summed E-state index contributed by atoms with van der Waals surface area (Å²) in [5, 5.41) is 10.5. The second-order valence-electron chi connectivity index (χ2n) is 5.69. The molecule has 1 aliphatic rings. The van der Waals surface area contributed by atoms with Crippen molar-refractivity contribution in [1.29, 1.82) is 0 Å². The van der Waals surface area contributed by atoms with Gasteiger partial charge < -0.3 is 20.5 Å². The van der Waals surface area contributed by atoms with Gasteiger partial charge in [0, 0.05) is 25.0 Å². The van der Waals surface area contributed by atoms with E-state index in [0.717, 1.165) is 37.2 Å². The van der Waals surface area contributed by atoms with Crippen molar-refractivity contribution in [2.24, 2.45) is 29.1 Å². The Morgan fingerprint density at radius 1 is 1.39 bits per heavy atom. The molecule has 8 nitrogen and oxygen atoms in total. The van der Waals surface area contributed by atoms with E-state index in [-0.39, 0.29) is 0 Å². The topological polar surface area (TPSA) is 103 Å². The highest BCUT2D eigenvalue weighted by atomic mass is 16.5. The molecule has 1 aliphatic heterocycles. The van der Waals surface area contributed by atoms with Crippen LogP contribution in [0.25, 0.3) is 11.3 Å². The molecular weight excluding hydrogens is 294 g/mol. The van der Waals surface area contributed by atoms with Gasteiger partial charge in [-0.05, 0) is 37.9 Å². The fourth-order valence-corrected chi connectivity index (χ4v) is 2.63. The van der Waals surface area contributed by atoms with Gasteiger partial charge in [-0.3, -0.25) is 0 Å². The summed E-state index contributed by atoms with van der Waals surface area (Å²) in [6, 6.07) is 1.89. The van der Waals surface area contributed by atoms with Crippen LogP contribution in [0.4, 0.5) is 5.82 Å². The molecule has 0 aromatic carbocycles. The van der Waals surface area contributed by atoms with Crippen LogP contribution in [0.1, 0.15) is 12.8 Å². The van der Waals surface area contributed by atoms with Crippen LogP contribution in [-0.2, 0) is 7.05 Å². The Balaban J connectivity index is 1.79. The molecule has 3 rings (SSSR count). The van der Waals surface area contributed by atoms with Gasteiger partial charge in [0.05, 0.1) is 18.6 Å². The van der Waals surface area contributed by atoms with Crippen molar-refractivity contribution in [2.45, 2.75) is 12.8 Å². The van der Waals surface area contributed by atoms with E-state index in [4.69, 9.17) is 10.6 Å². The summed E-state index contributed by atoms with van der Waals surface area (Å²) in [5.41, 5.74) is 1.71. The molecule has 0 aliphatic carbocycles. The molecule has 0 atom stereocenters. The Bertz CT molecular complexity index is 676. The zero-order valence-corrected chi connectivity index (χ0v) is 13.1. The number of nitrogens with one attached hydrogen (secondary N) is 1. The standard InChI is InChI=1S/C15H21N7O/c1-22-8-13(19-10-22)12-6-14(15(18-7-12)20-21-16)23-9-11-2-4-17-5-3-11/h6-8,10-11,17H,2-5,9H2,1H3,(H2,16,18,20). The largest absolute Gasteiger partial charge is 0.489 e. The predicted octanol–water partition coefficient (Wildman–Crippen LogP) is 1.82. The van der Waals surface area contributed by atoms with Gasteiger partial charge in [0.2, 0.25) is 5.82 Å². The second kappa shape index (κ2) is 7.19. The van der Waals surface area contributed by atoms with Crippen LogP contribution in [0, 0.1) is 5.92 Å². The molecule has 1 fully saturated rings. The number of aryl methyl sites for hydroxylation is 1. The zero-order chi connectivity index (χ0) is 16.1. The minimum atomic E-state index is 0.390. The number of nitrogens with zero attached hydrogens (tertiary/aromatic N) is 5. The molecule has 0 radical (unpaired) electrons. The molecule has 1 saturated heterocycles. The Labute approximate surface area is 134 Å². The number of rotatable bonds is 5. The van der Waals surface area contributed by atoms with E-state index in [1.807, 2.05) is 23.9 Å². The third-order valence-corrected chi connectivity index (χ3v) is 3.92. The Morgan fingerprint density at radius 2 is 2.22 bits per heavy atom. The number of hydrogen-bond donors (Lipinski definition) is 2. The van der Waals surface area contributed by atoms with E-state index < -0.39 is 0 Å². The highest BCUT2D eigenvalue weighted by Gasteiger charge is 2.16. The summed E-state index contributed by atoms with van der Waals surface area (Å²) in [6.45, 7) is 2.72. The molecule has 0 saturated carbocycles. The van der Waals surface area contributed by atoms with Crippen molar-refractivity contribution in [3.63, 3.8) is 0 Å². The van der Waals surface area contributed by atoms with Gasteiger partial charge in [-0.1, -0.05) is 5.22 Å². The summed E-state index contributed by atoms with van der Waals surface area (Å²) in [6.07, 6.45) is 7.60. The van der Waals surface area contributed by atoms with E-state index in [9.17, 15) is 0 Å². The lowest BCUT2D eigenvalue weighted by molar-refractivity contribution is 0.215. The summed E-state index contributed by atoms with van der Waals surface area (Å²) in [5.74, 6) is 6.67. The maximum Gasteiger partial charge on any atom is 0.218 e. The highest BCUT2D eigenvalue weighted by molar-refractivity contribution is 5.63. The van der Waals surface area contributed by atoms with Crippen LogP contribution < -0.4 is 15.9 Å². The van der Waals surface area contributed by atoms with E-state index in [2.05, 4.69) is 25.6 Å². The second-order valence-corrected chi connectivity index (χ2v) is 5.69. The number of hydrogen-bond acceptors (Lipinski definition) is 6. The molecule has 8 heteroatoms. The molecule has 0 spiro atoms. The number of imidazole rings is 1. The zero-order valence-electron chi connectivity index (χ0n) is 13.1. The van der Waals surface area contributed by atoms with Crippen molar-refractivity contribution in [3.05, 3.63) is 24.8 Å². The van der Waals surface area contributed by atoms with Gasteiger partial charge in [0.25, 0.3) is 0 Å². The molecule has 0 bridgehead atoms. The molecule has 3 heterocycles. The van der Waals surface area contributed by atoms with Crippen LogP contribution in [0.15, 0.2) is 35.1 Å². The van der Waals surface area contributed by atoms with Crippen LogP contribution in [0.3, 0.4) is 0 Å². The Kier molecular flexibility index (Phi) is 4.82. The molecule has 23 heavy (non-hydrogen) atoms.